The number of aromatic nitrogens is 1. The van der Waals surface area contributed by atoms with Crippen LogP contribution >= 0.6 is 23.2 Å². The molecule has 6 heteroatoms. The standard InChI is InChI=1S/C16H15Cl2N3O/c17-13-3-4-15(14(18)10-13)20-6-8-21(9-7-20)16(22)12-2-1-5-19-11-12/h1-5,10-11H,6-9H2. The zero-order valence-electron chi connectivity index (χ0n) is 11.9. The van der Waals surface area contributed by atoms with Gasteiger partial charge in [-0.2, -0.15) is 0 Å². The van der Waals surface area contributed by atoms with E-state index in [-0.39, 0.29) is 5.91 Å². The maximum atomic E-state index is 12.4. The average molecular weight is 336 g/mol. The van der Waals surface area contributed by atoms with Gasteiger partial charge < -0.3 is 9.80 Å². The van der Waals surface area contributed by atoms with Crippen LogP contribution in [0, 0.1) is 0 Å². The molecule has 0 saturated carbocycles. The summed E-state index contributed by atoms with van der Waals surface area (Å²) in [6.07, 6.45) is 3.27. The van der Waals surface area contributed by atoms with Crippen LogP contribution in [0.3, 0.4) is 0 Å². The third-order valence-corrected chi connectivity index (χ3v) is 4.26. The van der Waals surface area contributed by atoms with Crippen molar-refractivity contribution in [1.29, 1.82) is 0 Å². The molecule has 0 spiro atoms. The van der Waals surface area contributed by atoms with Crippen LogP contribution < -0.4 is 4.90 Å². The molecule has 0 bridgehead atoms. The van der Waals surface area contributed by atoms with Gasteiger partial charge in [0.2, 0.25) is 0 Å². The molecule has 1 aromatic carbocycles. The lowest BCUT2D eigenvalue weighted by molar-refractivity contribution is 0.0746. The second-order valence-electron chi connectivity index (χ2n) is 5.12. The zero-order chi connectivity index (χ0) is 15.5. The van der Waals surface area contributed by atoms with Gasteiger partial charge in [-0.05, 0) is 30.3 Å². The van der Waals surface area contributed by atoms with Crippen LogP contribution in [0.5, 0.6) is 0 Å². The molecule has 1 aliphatic heterocycles. The Labute approximate surface area is 139 Å². The van der Waals surface area contributed by atoms with Crippen LogP contribution in [0.4, 0.5) is 5.69 Å². The van der Waals surface area contributed by atoms with Crippen LogP contribution in [0.15, 0.2) is 42.7 Å². The first kappa shape index (κ1) is 15.1. The minimum atomic E-state index is 0.0231. The summed E-state index contributed by atoms with van der Waals surface area (Å²) in [6.45, 7) is 2.81. The fourth-order valence-corrected chi connectivity index (χ4v) is 3.09. The first-order chi connectivity index (χ1) is 10.6. The molecule has 0 N–H and O–H groups in total. The molecule has 2 aromatic rings. The Bertz CT molecular complexity index is 670. The van der Waals surface area contributed by atoms with E-state index in [2.05, 4.69) is 9.88 Å². The number of hydrogen-bond acceptors (Lipinski definition) is 3. The number of hydrogen-bond donors (Lipinski definition) is 0. The van der Waals surface area contributed by atoms with E-state index >= 15 is 0 Å². The first-order valence-corrected chi connectivity index (χ1v) is 7.80. The molecule has 0 unspecified atom stereocenters. The molecule has 1 amide bonds. The number of halogens is 2. The van der Waals surface area contributed by atoms with Gasteiger partial charge in [-0.3, -0.25) is 9.78 Å². The van der Waals surface area contributed by atoms with E-state index in [1.54, 1.807) is 30.6 Å². The molecule has 0 aliphatic carbocycles. The highest BCUT2D eigenvalue weighted by Gasteiger charge is 2.23. The van der Waals surface area contributed by atoms with Gasteiger partial charge in [-0.15, -0.1) is 0 Å². The van der Waals surface area contributed by atoms with Crippen molar-refractivity contribution in [1.82, 2.24) is 9.88 Å². The number of carbonyl (C=O) groups excluding carboxylic acids is 1. The van der Waals surface area contributed by atoms with E-state index in [1.165, 1.54) is 0 Å². The number of anilines is 1. The fourth-order valence-electron chi connectivity index (χ4n) is 2.56. The topological polar surface area (TPSA) is 36.4 Å². The molecule has 114 valence electrons. The van der Waals surface area contributed by atoms with Gasteiger partial charge in [0.05, 0.1) is 16.3 Å². The normalized spacial score (nSPS) is 15.0. The summed E-state index contributed by atoms with van der Waals surface area (Å²) >= 11 is 12.2. The van der Waals surface area contributed by atoms with Gasteiger partial charge >= 0.3 is 0 Å². The van der Waals surface area contributed by atoms with Crippen LogP contribution in [0.2, 0.25) is 10.0 Å². The van der Waals surface area contributed by atoms with Crippen molar-refractivity contribution in [3.63, 3.8) is 0 Å². The van der Waals surface area contributed by atoms with Gasteiger partial charge in [0.25, 0.3) is 5.91 Å². The Morgan fingerprint density at radius 3 is 2.50 bits per heavy atom. The van der Waals surface area contributed by atoms with Gasteiger partial charge in [-0.25, -0.2) is 0 Å². The van der Waals surface area contributed by atoms with Crippen molar-refractivity contribution in [2.75, 3.05) is 31.1 Å². The fraction of sp³-hybridized carbons (Fsp3) is 0.250. The molecule has 22 heavy (non-hydrogen) atoms. The molecule has 1 fully saturated rings. The maximum absolute atomic E-state index is 12.4. The van der Waals surface area contributed by atoms with E-state index in [4.69, 9.17) is 23.2 Å². The Balaban J connectivity index is 1.66. The minimum Gasteiger partial charge on any atom is -0.367 e. The summed E-state index contributed by atoms with van der Waals surface area (Å²) in [5.41, 5.74) is 1.58. The van der Waals surface area contributed by atoms with Crippen molar-refractivity contribution < 1.29 is 4.79 Å². The lowest BCUT2D eigenvalue weighted by atomic mass is 10.2. The predicted molar refractivity (Wildman–Crippen MR) is 88.8 cm³/mol. The molecule has 2 heterocycles. The third-order valence-electron chi connectivity index (χ3n) is 3.73. The van der Waals surface area contributed by atoms with Gasteiger partial charge in [-0.1, -0.05) is 23.2 Å². The molecule has 0 atom stereocenters. The Hall–Kier alpha value is -1.78. The number of amides is 1. The summed E-state index contributed by atoms with van der Waals surface area (Å²) in [5, 5.41) is 1.26. The van der Waals surface area contributed by atoms with Crippen LogP contribution in [-0.4, -0.2) is 42.0 Å². The second kappa shape index (κ2) is 6.55. The Morgan fingerprint density at radius 1 is 1.09 bits per heavy atom. The van der Waals surface area contributed by atoms with Crippen LogP contribution in [0.25, 0.3) is 0 Å². The number of benzene rings is 1. The summed E-state index contributed by atoms with van der Waals surface area (Å²) in [7, 11) is 0. The minimum absolute atomic E-state index is 0.0231. The maximum Gasteiger partial charge on any atom is 0.255 e. The first-order valence-electron chi connectivity index (χ1n) is 7.04. The van der Waals surface area contributed by atoms with E-state index in [9.17, 15) is 4.79 Å². The number of nitrogens with zero attached hydrogens (tertiary/aromatic N) is 3. The molecule has 0 radical (unpaired) electrons. The van der Waals surface area contributed by atoms with E-state index in [1.807, 2.05) is 17.0 Å². The molecule has 1 saturated heterocycles. The van der Waals surface area contributed by atoms with E-state index < -0.39 is 0 Å². The summed E-state index contributed by atoms with van der Waals surface area (Å²) in [6, 6.07) is 9.06. The van der Waals surface area contributed by atoms with Gasteiger partial charge in [0.15, 0.2) is 0 Å². The largest absolute Gasteiger partial charge is 0.367 e. The summed E-state index contributed by atoms with van der Waals surface area (Å²) < 4.78 is 0. The van der Waals surface area contributed by atoms with Crippen LogP contribution in [0.1, 0.15) is 10.4 Å². The second-order valence-corrected chi connectivity index (χ2v) is 5.96. The van der Waals surface area contributed by atoms with Crippen molar-refractivity contribution >= 4 is 34.8 Å². The molecule has 1 aliphatic rings. The van der Waals surface area contributed by atoms with Crippen molar-refractivity contribution in [3.8, 4) is 0 Å². The van der Waals surface area contributed by atoms with Crippen molar-refractivity contribution in [2.45, 2.75) is 0 Å². The number of carbonyl (C=O) groups is 1. The lowest BCUT2D eigenvalue weighted by Gasteiger charge is -2.36. The monoisotopic (exact) mass is 335 g/mol. The highest BCUT2D eigenvalue weighted by atomic mass is 35.5. The molecule has 3 rings (SSSR count). The summed E-state index contributed by atoms with van der Waals surface area (Å²) in [5.74, 6) is 0.0231. The van der Waals surface area contributed by atoms with Gasteiger partial charge in [0.1, 0.15) is 0 Å². The van der Waals surface area contributed by atoms with E-state index in [0.29, 0.717) is 28.7 Å². The van der Waals surface area contributed by atoms with E-state index in [0.717, 1.165) is 18.8 Å². The molecule has 1 aromatic heterocycles. The quantitative estimate of drug-likeness (QED) is 0.844. The number of piperazine rings is 1. The summed E-state index contributed by atoms with van der Waals surface area (Å²) in [4.78, 5) is 20.4. The third kappa shape index (κ3) is 3.18. The van der Waals surface area contributed by atoms with Crippen LogP contribution in [-0.2, 0) is 0 Å². The van der Waals surface area contributed by atoms with Crippen molar-refractivity contribution in [3.05, 3.63) is 58.3 Å². The SMILES string of the molecule is O=C(c1cccnc1)N1CCN(c2ccc(Cl)cc2Cl)CC1. The number of rotatable bonds is 2. The van der Waals surface area contributed by atoms with Gasteiger partial charge in [0, 0.05) is 43.6 Å². The zero-order valence-corrected chi connectivity index (χ0v) is 13.4. The molecular weight excluding hydrogens is 321 g/mol. The predicted octanol–water partition coefficient (Wildman–Crippen LogP) is 3.35. The smallest absolute Gasteiger partial charge is 0.255 e. The highest BCUT2D eigenvalue weighted by molar-refractivity contribution is 6.36. The average Bonchev–Trinajstić information content (AvgIpc) is 2.55. The Kier molecular flexibility index (Phi) is 4.50. The lowest BCUT2D eigenvalue weighted by Crippen LogP contribution is -2.48. The molecular formula is C16H15Cl2N3O. The van der Waals surface area contributed by atoms with Crippen molar-refractivity contribution in [2.24, 2.45) is 0 Å². The molecule has 4 nitrogen and oxygen atoms in total. The highest BCUT2D eigenvalue weighted by Crippen LogP contribution is 2.29. The Morgan fingerprint density at radius 2 is 1.86 bits per heavy atom. The number of pyridine rings is 1.